The number of aliphatic hydroxyl groups is 2. The highest BCUT2D eigenvalue weighted by Gasteiger charge is 2.33. The van der Waals surface area contributed by atoms with Crippen LogP contribution >= 0.6 is 11.8 Å². The van der Waals surface area contributed by atoms with E-state index in [1.54, 1.807) is 11.8 Å². The summed E-state index contributed by atoms with van der Waals surface area (Å²) in [7, 11) is 0. The van der Waals surface area contributed by atoms with Crippen molar-refractivity contribution in [3.63, 3.8) is 0 Å². The number of hydrogen-bond donors (Lipinski definition) is 4. The fraction of sp³-hybridized carbons (Fsp3) is 0.500. The molecule has 0 fully saturated rings. The van der Waals surface area contributed by atoms with Crippen molar-refractivity contribution in [2.75, 3.05) is 49.1 Å². The minimum absolute atomic E-state index is 0.0559. The molecule has 29 heavy (non-hydrogen) atoms. The van der Waals surface area contributed by atoms with Crippen molar-refractivity contribution in [1.82, 2.24) is 15.3 Å². The van der Waals surface area contributed by atoms with Crippen LogP contribution in [0.4, 0.5) is 11.6 Å². The number of fused-ring (bicyclic) bond motifs is 1. The predicted octanol–water partition coefficient (Wildman–Crippen LogP) is 0.811. The SMILES string of the molecule is CSC[C@@H](O)[C@@H](CO)NCN1CC(COCc2ccccc2)c2c(N)ncnc21. The van der Waals surface area contributed by atoms with Crippen molar-refractivity contribution >= 4 is 23.4 Å². The van der Waals surface area contributed by atoms with Crippen LogP contribution in [0.25, 0.3) is 0 Å². The van der Waals surface area contributed by atoms with E-state index >= 15 is 0 Å². The van der Waals surface area contributed by atoms with Crippen LogP contribution in [0, 0.1) is 0 Å². The Morgan fingerprint density at radius 1 is 1.34 bits per heavy atom. The summed E-state index contributed by atoms with van der Waals surface area (Å²) in [6.07, 6.45) is 2.76. The molecule has 0 amide bonds. The summed E-state index contributed by atoms with van der Waals surface area (Å²) < 4.78 is 5.94. The van der Waals surface area contributed by atoms with Crippen LogP contribution in [-0.4, -0.2) is 70.8 Å². The van der Waals surface area contributed by atoms with Crippen molar-refractivity contribution in [2.24, 2.45) is 0 Å². The number of hydrogen-bond acceptors (Lipinski definition) is 9. The first-order valence-corrected chi connectivity index (χ1v) is 11.0. The second-order valence-corrected chi connectivity index (χ2v) is 8.00. The lowest BCUT2D eigenvalue weighted by atomic mass is 10.1. The average molecular weight is 420 g/mol. The number of aliphatic hydroxyl groups excluding tert-OH is 2. The van der Waals surface area contributed by atoms with Gasteiger partial charge in [-0.25, -0.2) is 9.97 Å². The van der Waals surface area contributed by atoms with Crippen LogP contribution in [0.2, 0.25) is 0 Å². The molecule has 2 heterocycles. The smallest absolute Gasteiger partial charge is 0.138 e. The Balaban J connectivity index is 1.62. The zero-order valence-corrected chi connectivity index (χ0v) is 17.4. The molecule has 0 spiro atoms. The molecular formula is C20H29N5O3S. The van der Waals surface area contributed by atoms with E-state index in [4.69, 9.17) is 10.5 Å². The van der Waals surface area contributed by atoms with E-state index in [0.29, 0.717) is 38.0 Å². The van der Waals surface area contributed by atoms with Gasteiger partial charge in [-0.05, 0) is 11.8 Å². The number of nitrogens with zero attached hydrogens (tertiary/aromatic N) is 3. The number of rotatable bonds is 11. The first-order chi connectivity index (χ1) is 14.1. The molecule has 1 aromatic heterocycles. The van der Waals surface area contributed by atoms with E-state index in [1.165, 1.54) is 6.33 Å². The highest BCUT2D eigenvalue weighted by Crippen LogP contribution is 2.37. The van der Waals surface area contributed by atoms with Crippen molar-refractivity contribution in [2.45, 2.75) is 24.7 Å². The fourth-order valence-corrected chi connectivity index (χ4v) is 4.07. The highest BCUT2D eigenvalue weighted by atomic mass is 32.2. The van der Waals surface area contributed by atoms with Gasteiger partial charge in [-0.2, -0.15) is 11.8 Å². The van der Waals surface area contributed by atoms with E-state index in [2.05, 4.69) is 20.2 Å². The Bertz CT molecular complexity index is 767. The summed E-state index contributed by atoms with van der Waals surface area (Å²) in [5.41, 5.74) is 8.16. The van der Waals surface area contributed by atoms with E-state index in [0.717, 1.165) is 16.9 Å². The maximum Gasteiger partial charge on any atom is 0.138 e. The molecule has 5 N–H and O–H groups in total. The van der Waals surface area contributed by atoms with Gasteiger partial charge in [0.15, 0.2) is 0 Å². The molecular weight excluding hydrogens is 390 g/mol. The van der Waals surface area contributed by atoms with Gasteiger partial charge in [0, 0.05) is 23.8 Å². The summed E-state index contributed by atoms with van der Waals surface area (Å²) in [6, 6.07) is 9.63. The molecule has 8 nitrogen and oxygen atoms in total. The van der Waals surface area contributed by atoms with Gasteiger partial charge in [-0.1, -0.05) is 30.3 Å². The summed E-state index contributed by atoms with van der Waals surface area (Å²) >= 11 is 1.54. The van der Waals surface area contributed by atoms with Gasteiger partial charge in [0.25, 0.3) is 0 Å². The minimum atomic E-state index is -0.627. The van der Waals surface area contributed by atoms with Gasteiger partial charge < -0.3 is 25.6 Å². The third-order valence-electron chi connectivity index (χ3n) is 5.02. The third-order valence-corrected chi connectivity index (χ3v) is 5.69. The van der Waals surface area contributed by atoms with Gasteiger partial charge in [0.05, 0.1) is 38.6 Å². The van der Waals surface area contributed by atoms with Crippen LogP contribution in [0.15, 0.2) is 36.7 Å². The standard InChI is InChI=1S/C20H29N5O3S/c1-29-11-17(27)16(8-26)24-13-25-7-15(18-19(21)22-12-23-20(18)25)10-28-9-14-5-3-2-4-6-14/h2-6,12,15-17,24,26-27H,7-11,13H2,1H3,(H2,21,22,23)/t15?,16-,17-/m1/s1. The number of thioether (sulfide) groups is 1. The van der Waals surface area contributed by atoms with E-state index in [9.17, 15) is 10.2 Å². The molecule has 9 heteroatoms. The molecule has 1 aliphatic rings. The zero-order chi connectivity index (χ0) is 20.6. The number of ether oxygens (including phenoxy) is 1. The monoisotopic (exact) mass is 419 g/mol. The van der Waals surface area contributed by atoms with Gasteiger partial charge >= 0.3 is 0 Å². The normalized spacial score (nSPS) is 17.9. The van der Waals surface area contributed by atoms with Crippen molar-refractivity contribution in [3.05, 3.63) is 47.8 Å². The molecule has 3 atom stereocenters. The number of aromatic nitrogens is 2. The molecule has 2 aromatic rings. The van der Waals surface area contributed by atoms with Gasteiger partial charge in [-0.15, -0.1) is 0 Å². The Kier molecular flexibility index (Phi) is 8.08. The molecule has 1 unspecified atom stereocenters. The number of nitrogens with two attached hydrogens (primary N) is 1. The van der Waals surface area contributed by atoms with E-state index in [-0.39, 0.29) is 12.5 Å². The molecule has 1 aliphatic heterocycles. The maximum atomic E-state index is 10.2. The molecule has 0 saturated heterocycles. The molecule has 3 rings (SSSR count). The summed E-state index contributed by atoms with van der Waals surface area (Å²) in [6.45, 7) is 2.02. The van der Waals surface area contributed by atoms with Crippen molar-refractivity contribution < 1.29 is 14.9 Å². The second kappa shape index (κ2) is 10.7. The van der Waals surface area contributed by atoms with Crippen LogP contribution in [0.5, 0.6) is 0 Å². The average Bonchev–Trinajstić information content (AvgIpc) is 3.08. The molecule has 0 radical (unpaired) electrons. The van der Waals surface area contributed by atoms with Crippen LogP contribution in [-0.2, 0) is 11.3 Å². The van der Waals surface area contributed by atoms with Crippen molar-refractivity contribution in [3.8, 4) is 0 Å². The zero-order valence-electron chi connectivity index (χ0n) is 16.6. The summed E-state index contributed by atoms with van der Waals surface area (Å²) in [5, 5.41) is 23.0. The fourth-order valence-electron chi connectivity index (χ4n) is 3.49. The lowest BCUT2D eigenvalue weighted by Gasteiger charge is -2.26. The van der Waals surface area contributed by atoms with Crippen LogP contribution < -0.4 is 16.0 Å². The summed E-state index contributed by atoms with van der Waals surface area (Å²) in [5.74, 6) is 1.85. The molecule has 0 aliphatic carbocycles. The highest BCUT2D eigenvalue weighted by molar-refractivity contribution is 7.98. The summed E-state index contributed by atoms with van der Waals surface area (Å²) in [4.78, 5) is 10.6. The number of nitrogen functional groups attached to an aromatic ring is 1. The largest absolute Gasteiger partial charge is 0.395 e. The van der Waals surface area contributed by atoms with Gasteiger partial charge in [-0.3, -0.25) is 5.32 Å². The number of nitrogens with one attached hydrogen (secondary N) is 1. The Morgan fingerprint density at radius 2 is 2.14 bits per heavy atom. The van der Waals surface area contributed by atoms with Gasteiger partial charge in [0.1, 0.15) is 18.0 Å². The first-order valence-electron chi connectivity index (χ1n) is 9.62. The molecule has 0 bridgehead atoms. The maximum absolute atomic E-state index is 10.2. The van der Waals surface area contributed by atoms with E-state index in [1.807, 2.05) is 36.6 Å². The topological polar surface area (TPSA) is 117 Å². The van der Waals surface area contributed by atoms with E-state index < -0.39 is 12.1 Å². The van der Waals surface area contributed by atoms with Gasteiger partial charge in [0.2, 0.25) is 0 Å². The molecule has 1 aromatic carbocycles. The Hall–Kier alpha value is -1.91. The quantitative estimate of drug-likeness (QED) is 0.420. The Labute approximate surface area is 175 Å². The lowest BCUT2D eigenvalue weighted by molar-refractivity contribution is 0.105. The van der Waals surface area contributed by atoms with Crippen LogP contribution in [0.3, 0.4) is 0 Å². The van der Waals surface area contributed by atoms with Crippen LogP contribution in [0.1, 0.15) is 17.0 Å². The molecule has 0 saturated carbocycles. The first kappa shape index (κ1) is 21.8. The Morgan fingerprint density at radius 3 is 2.86 bits per heavy atom. The predicted molar refractivity (Wildman–Crippen MR) is 116 cm³/mol. The third kappa shape index (κ3) is 5.58. The number of anilines is 2. The lowest BCUT2D eigenvalue weighted by Crippen LogP contribution is -2.48. The van der Waals surface area contributed by atoms with Crippen molar-refractivity contribution in [1.29, 1.82) is 0 Å². The number of benzene rings is 1. The minimum Gasteiger partial charge on any atom is -0.395 e. The second-order valence-electron chi connectivity index (χ2n) is 7.09. The molecule has 158 valence electrons.